The van der Waals surface area contributed by atoms with Crippen molar-refractivity contribution in [3.05, 3.63) is 18.2 Å². The molecule has 0 fully saturated rings. The molecule has 0 aliphatic heterocycles. The fraction of sp³-hybridized carbons (Fsp3) is 0.562. The molecular formula is C16H25NO3S. The summed E-state index contributed by atoms with van der Waals surface area (Å²) in [6.07, 6.45) is 2.07. The van der Waals surface area contributed by atoms with Gasteiger partial charge in [-0.15, -0.1) is 11.8 Å². The van der Waals surface area contributed by atoms with Crippen molar-refractivity contribution in [1.29, 1.82) is 0 Å². The summed E-state index contributed by atoms with van der Waals surface area (Å²) in [6.45, 7) is 6.06. The van der Waals surface area contributed by atoms with Crippen LogP contribution in [-0.2, 0) is 4.79 Å². The van der Waals surface area contributed by atoms with Crippen molar-refractivity contribution >= 4 is 17.7 Å². The molecule has 0 unspecified atom stereocenters. The van der Waals surface area contributed by atoms with Crippen LogP contribution in [0.2, 0.25) is 0 Å². The van der Waals surface area contributed by atoms with Gasteiger partial charge in [-0.25, -0.2) is 0 Å². The van der Waals surface area contributed by atoms with Crippen molar-refractivity contribution in [2.24, 2.45) is 0 Å². The third-order valence-corrected chi connectivity index (χ3v) is 4.24. The molecule has 1 aromatic carbocycles. The summed E-state index contributed by atoms with van der Waals surface area (Å²) in [7, 11) is 3.21. The van der Waals surface area contributed by atoms with Gasteiger partial charge < -0.3 is 14.8 Å². The Hall–Kier alpha value is -1.36. The van der Waals surface area contributed by atoms with E-state index in [2.05, 4.69) is 12.2 Å². The minimum atomic E-state index is -0.151. The molecule has 1 amide bonds. The molecule has 0 spiro atoms. The van der Waals surface area contributed by atoms with Crippen molar-refractivity contribution in [2.75, 3.05) is 14.2 Å². The lowest BCUT2D eigenvalue weighted by molar-refractivity contribution is -0.120. The third-order valence-electron chi connectivity index (χ3n) is 3.15. The second kappa shape index (κ2) is 8.82. The van der Waals surface area contributed by atoms with Crippen LogP contribution in [0, 0.1) is 0 Å². The molecule has 118 valence electrons. The zero-order valence-electron chi connectivity index (χ0n) is 13.4. The van der Waals surface area contributed by atoms with Crippen LogP contribution >= 0.6 is 11.8 Å². The number of benzene rings is 1. The van der Waals surface area contributed by atoms with Crippen LogP contribution in [0.25, 0.3) is 0 Å². The van der Waals surface area contributed by atoms with Gasteiger partial charge in [0.15, 0.2) is 11.5 Å². The van der Waals surface area contributed by atoms with Crippen LogP contribution in [0.1, 0.15) is 33.6 Å². The van der Waals surface area contributed by atoms with Crippen LogP contribution in [0.4, 0.5) is 0 Å². The number of ether oxygens (including phenoxy) is 2. The Morgan fingerprint density at radius 3 is 2.48 bits per heavy atom. The first-order valence-electron chi connectivity index (χ1n) is 7.20. The molecule has 0 bridgehead atoms. The van der Waals surface area contributed by atoms with Crippen LogP contribution < -0.4 is 14.8 Å². The maximum Gasteiger partial charge on any atom is 0.233 e. The number of hydrogen-bond donors (Lipinski definition) is 1. The van der Waals surface area contributed by atoms with E-state index in [1.165, 1.54) is 11.8 Å². The first-order chi connectivity index (χ1) is 10.0. The van der Waals surface area contributed by atoms with Gasteiger partial charge in [0.05, 0.1) is 19.5 Å². The summed E-state index contributed by atoms with van der Waals surface area (Å²) in [5.74, 6) is 1.43. The predicted octanol–water partition coefficient (Wildman–Crippen LogP) is 3.49. The molecule has 5 heteroatoms. The molecule has 1 rings (SSSR count). The number of hydrogen-bond acceptors (Lipinski definition) is 4. The molecule has 4 nitrogen and oxygen atoms in total. The van der Waals surface area contributed by atoms with Crippen LogP contribution in [0.15, 0.2) is 23.1 Å². The molecule has 0 saturated heterocycles. The minimum Gasteiger partial charge on any atom is -0.493 e. The minimum absolute atomic E-state index is 0.0655. The molecule has 1 aromatic rings. The number of amides is 1. The monoisotopic (exact) mass is 311 g/mol. The molecule has 2 atom stereocenters. The molecule has 0 aliphatic carbocycles. The zero-order chi connectivity index (χ0) is 15.8. The van der Waals surface area contributed by atoms with Crippen molar-refractivity contribution in [2.45, 2.75) is 49.8 Å². The molecule has 21 heavy (non-hydrogen) atoms. The van der Waals surface area contributed by atoms with Gasteiger partial charge >= 0.3 is 0 Å². The lowest BCUT2D eigenvalue weighted by atomic mass is 10.2. The molecule has 1 N–H and O–H groups in total. The number of carbonyl (C=O) groups excluding carboxylic acids is 1. The molecule has 0 aliphatic rings. The number of methoxy groups -OCH3 is 2. The third kappa shape index (κ3) is 5.50. The Labute approximate surface area is 131 Å². The quantitative estimate of drug-likeness (QED) is 0.747. The molecular weight excluding hydrogens is 286 g/mol. The lowest BCUT2D eigenvalue weighted by Gasteiger charge is -2.17. The molecule has 0 aromatic heterocycles. The Morgan fingerprint density at radius 1 is 1.24 bits per heavy atom. The highest BCUT2D eigenvalue weighted by Gasteiger charge is 2.17. The van der Waals surface area contributed by atoms with Gasteiger partial charge in [-0.1, -0.05) is 13.3 Å². The highest BCUT2D eigenvalue weighted by molar-refractivity contribution is 8.00. The Bertz CT molecular complexity index is 465. The van der Waals surface area contributed by atoms with E-state index in [-0.39, 0.29) is 17.2 Å². The maximum absolute atomic E-state index is 12.1. The number of nitrogens with one attached hydrogen (secondary N) is 1. The number of carbonyl (C=O) groups is 1. The summed E-state index contributed by atoms with van der Waals surface area (Å²) in [5.41, 5.74) is 0. The average molecular weight is 311 g/mol. The second-order valence-corrected chi connectivity index (χ2v) is 6.39. The Kier molecular flexibility index (Phi) is 7.43. The lowest BCUT2D eigenvalue weighted by Crippen LogP contribution is -2.37. The van der Waals surface area contributed by atoms with E-state index in [1.54, 1.807) is 14.2 Å². The van der Waals surface area contributed by atoms with Crippen molar-refractivity contribution in [1.82, 2.24) is 5.32 Å². The van der Waals surface area contributed by atoms with Crippen LogP contribution in [-0.4, -0.2) is 31.4 Å². The largest absolute Gasteiger partial charge is 0.493 e. The van der Waals surface area contributed by atoms with Crippen LogP contribution in [0.5, 0.6) is 11.5 Å². The van der Waals surface area contributed by atoms with Gasteiger partial charge in [0.25, 0.3) is 0 Å². The van der Waals surface area contributed by atoms with Gasteiger partial charge in [-0.3, -0.25) is 4.79 Å². The van der Waals surface area contributed by atoms with E-state index < -0.39 is 0 Å². The van der Waals surface area contributed by atoms with Gasteiger partial charge in [-0.2, -0.15) is 0 Å². The van der Waals surface area contributed by atoms with Crippen molar-refractivity contribution in [3.63, 3.8) is 0 Å². The van der Waals surface area contributed by atoms with Gasteiger partial charge in [0.2, 0.25) is 5.91 Å². The second-order valence-electron chi connectivity index (χ2n) is 4.98. The molecule has 0 heterocycles. The number of thioether (sulfide) groups is 1. The standard InChI is InChI=1S/C16H25NO3S/c1-6-7-11(2)17-16(18)12(3)21-13-8-9-14(19-4)15(10-13)20-5/h8-12H,6-7H2,1-5H3,(H,17,18)/t11-,12+/m1/s1. The summed E-state index contributed by atoms with van der Waals surface area (Å²) in [5, 5.41) is 2.89. The number of rotatable bonds is 8. The van der Waals surface area contributed by atoms with Gasteiger partial charge in [0.1, 0.15) is 0 Å². The Balaban J connectivity index is 2.65. The summed E-state index contributed by atoms with van der Waals surface area (Å²) in [6, 6.07) is 5.90. The van der Waals surface area contributed by atoms with E-state index in [1.807, 2.05) is 32.0 Å². The molecule has 0 saturated carbocycles. The first-order valence-corrected chi connectivity index (χ1v) is 8.08. The summed E-state index contributed by atoms with van der Waals surface area (Å²) >= 11 is 1.51. The molecule has 0 radical (unpaired) electrons. The first kappa shape index (κ1) is 17.7. The van der Waals surface area contributed by atoms with E-state index in [0.29, 0.717) is 11.5 Å². The highest BCUT2D eigenvalue weighted by Crippen LogP contribution is 2.33. The SMILES string of the molecule is CCC[C@@H](C)NC(=O)[C@H](C)Sc1ccc(OC)c(OC)c1. The maximum atomic E-state index is 12.1. The topological polar surface area (TPSA) is 47.6 Å². The highest BCUT2D eigenvalue weighted by atomic mass is 32.2. The fourth-order valence-electron chi connectivity index (χ4n) is 2.01. The Morgan fingerprint density at radius 2 is 1.90 bits per heavy atom. The fourth-order valence-corrected chi connectivity index (χ4v) is 2.92. The van der Waals surface area contributed by atoms with Crippen molar-refractivity contribution < 1.29 is 14.3 Å². The van der Waals surface area contributed by atoms with Gasteiger partial charge in [-0.05, 0) is 38.5 Å². The summed E-state index contributed by atoms with van der Waals surface area (Å²) < 4.78 is 10.5. The van der Waals surface area contributed by atoms with E-state index in [4.69, 9.17) is 9.47 Å². The van der Waals surface area contributed by atoms with Crippen molar-refractivity contribution in [3.8, 4) is 11.5 Å². The zero-order valence-corrected chi connectivity index (χ0v) is 14.3. The van der Waals surface area contributed by atoms with E-state index >= 15 is 0 Å². The van der Waals surface area contributed by atoms with E-state index in [0.717, 1.165) is 17.7 Å². The predicted molar refractivity (Wildman–Crippen MR) is 87.4 cm³/mol. The normalized spacial score (nSPS) is 13.4. The van der Waals surface area contributed by atoms with E-state index in [9.17, 15) is 4.79 Å². The average Bonchev–Trinajstić information content (AvgIpc) is 2.47. The van der Waals surface area contributed by atoms with Crippen LogP contribution in [0.3, 0.4) is 0 Å². The van der Waals surface area contributed by atoms with Gasteiger partial charge in [0, 0.05) is 10.9 Å². The smallest absolute Gasteiger partial charge is 0.233 e. The summed E-state index contributed by atoms with van der Waals surface area (Å²) in [4.78, 5) is 13.1.